The van der Waals surface area contributed by atoms with Crippen molar-refractivity contribution in [1.82, 2.24) is 15.3 Å². The van der Waals surface area contributed by atoms with Gasteiger partial charge in [0.05, 0.1) is 4.47 Å². The van der Waals surface area contributed by atoms with Gasteiger partial charge >= 0.3 is 0 Å². The maximum atomic E-state index is 4.22. The summed E-state index contributed by atoms with van der Waals surface area (Å²) in [5.41, 5.74) is 0. The summed E-state index contributed by atoms with van der Waals surface area (Å²) in [6.07, 6.45) is 5.88. The second-order valence-corrected chi connectivity index (χ2v) is 5.11. The number of anilines is 1. The SMILES string of the molecule is CC(Nc1ncncc1Br)C1CCCNC1. The minimum atomic E-state index is 0.430. The number of nitrogens with zero attached hydrogens (tertiary/aromatic N) is 2. The molecule has 4 nitrogen and oxygen atoms in total. The Kier molecular flexibility index (Phi) is 4.12. The maximum Gasteiger partial charge on any atom is 0.143 e. The highest BCUT2D eigenvalue weighted by atomic mass is 79.9. The van der Waals surface area contributed by atoms with Crippen LogP contribution in [0.2, 0.25) is 0 Å². The average Bonchev–Trinajstić information content (AvgIpc) is 2.33. The first-order chi connectivity index (χ1) is 7.77. The number of halogens is 1. The van der Waals surface area contributed by atoms with Gasteiger partial charge in [-0.1, -0.05) is 0 Å². The van der Waals surface area contributed by atoms with Crippen LogP contribution in [-0.2, 0) is 0 Å². The summed E-state index contributed by atoms with van der Waals surface area (Å²) >= 11 is 3.45. The molecule has 0 radical (unpaired) electrons. The van der Waals surface area contributed by atoms with Crippen LogP contribution in [0.4, 0.5) is 5.82 Å². The molecule has 2 N–H and O–H groups in total. The summed E-state index contributed by atoms with van der Waals surface area (Å²) in [7, 11) is 0. The van der Waals surface area contributed by atoms with Gasteiger partial charge in [-0.15, -0.1) is 0 Å². The zero-order chi connectivity index (χ0) is 11.4. The lowest BCUT2D eigenvalue weighted by Gasteiger charge is -2.29. The van der Waals surface area contributed by atoms with E-state index in [2.05, 4.69) is 43.5 Å². The van der Waals surface area contributed by atoms with Gasteiger partial charge in [-0.05, 0) is 54.7 Å². The minimum absolute atomic E-state index is 0.430. The van der Waals surface area contributed by atoms with Gasteiger partial charge in [0.2, 0.25) is 0 Å². The van der Waals surface area contributed by atoms with Crippen LogP contribution in [0.3, 0.4) is 0 Å². The van der Waals surface area contributed by atoms with Crippen LogP contribution in [0.25, 0.3) is 0 Å². The predicted octanol–water partition coefficient (Wildman–Crippen LogP) is 2.04. The zero-order valence-electron chi connectivity index (χ0n) is 9.41. The minimum Gasteiger partial charge on any atom is -0.366 e. The zero-order valence-corrected chi connectivity index (χ0v) is 11.0. The molecule has 2 atom stereocenters. The second kappa shape index (κ2) is 5.59. The van der Waals surface area contributed by atoms with Crippen molar-refractivity contribution in [3.8, 4) is 0 Å². The molecular formula is C11H17BrN4. The quantitative estimate of drug-likeness (QED) is 0.892. The normalized spacial score (nSPS) is 22.8. The van der Waals surface area contributed by atoms with Crippen LogP contribution in [0.15, 0.2) is 17.0 Å². The summed E-state index contributed by atoms with van der Waals surface area (Å²) in [6, 6.07) is 0.430. The Labute approximate surface area is 104 Å². The highest BCUT2D eigenvalue weighted by molar-refractivity contribution is 9.10. The Morgan fingerprint density at radius 3 is 3.19 bits per heavy atom. The van der Waals surface area contributed by atoms with Crippen LogP contribution < -0.4 is 10.6 Å². The summed E-state index contributed by atoms with van der Waals surface area (Å²) in [6.45, 7) is 4.46. The van der Waals surface area contributed by atoms with E-state index in [0.29, 0.717) is 12.0 Å². The first kappa shape index (κ1) is 11.8. The van der Waals surface area contributed by atoms with Crippen molar-refractivity contribution < 1.29 is 0 Å². The number of piperidine rings is 1. The molecule has 1 saturated heterocycles. The topological polar surface area (TPSA) is 49.8 Å². The van der Waals surface area contributed by atoms with Crippen molar-refractivity contribution in [2.45, 2.75) is 25.8 Å². The summed E-state index contributed by atoms with van der Waals surface area (Å²) in [5, 5.41) is 6.87. The maximum absolute atomic E-state index is 4.22. The third-order valence-corrected chi connectivity index (χ3v) is 3.65. The third-order valence-electron chi connectivity index (χ3n) is 3.07. The lowest BCUT2D eigenvalue weighted by molar-refractivity contribution is 0.346. The fourth-order valence-corrected chi connectivity index (χ4v) is 2.39. The number of nitrogens with one attached hydrogen (secondary N) is 2. The molecule has 0 bridgehead atoms. The molecule has 0 spiro atoms. The Balaban J connectivity index is 1.96. The standard InChI is InChI=1S/C11H17BrN4/c1-8(9-3-2-4-13-5-9)16-11-10(12)6-14-7-15-11/h6-9,13H,2-5H2,1H3,(H,14,15,16). The highest BCUT2D eigenvalue weighted by Gasteiger charge is 2.20. The third kappa shape index (κ3) is 2.92. The van der Waals surface area contributed by atoms with E-state index >= 15 is 0 Å². The average molecular weight is 285 g/mol. The fraction of sp³-hybridized carbons (Fsp3) is 0.636. The van der Waals surface area contributed by atoms with Gasteiger partial charge in [-0.25, -0.2) is 9.97 Å². The molecule has 16 heavy (non-hydrogen) atoms. The molecule has 1 aliphatic heterocycles. The highest BCUT2D eigenvalue weighted by Crippen LogP contribution is 2.22. The molecule has 0 aromatic carbocycles. The molecule has 2 rings (SSSR count). The molecule has 1 aliphatic rings. The van der Waals surface area contributed by atoms with Crippen LogP contribution in [0.5, 0.6) is 0 Å². The van der Waals surface area contributed by atoms with E-state index in [1.807, 2.05) is 0 Å². The molecule has 0 aliphatic carbocycles. The Hall–Kier alpha value is -0.680. The van der Waals surface area contributed by atoms with Crippen LogP contribution in [0, 0.1) is 5.92 Å². The first-order valence-electron chi connectivity index (χ1n) is 5.70. The molecule has 2 heterocycles. The van der Waals surface area contributed by atoms with Crippen molar-refractivity contribution in [1.29, 1.82) is 0 Å². The van der Waals surface area contributed by atoms with Crippen molar-refractivity contribution >= 4 is 21.7 Å². The lowest BCUT2D eigenvalue weighted by Crippen LogP contribution is -2.39. The number of hydrogen-bond acceptors (Lipinski definition) is 4. The number of hydrogen-bond donors (Lipinski definition) is 2. The van der Waals surface area contributed by atoms with E-state index in [1.165, 1.54) is 12.8 Å². The largest absolute Gasteiger partial charge is 0.366 e. The summed E-state index contributed by atoms with van der Waals surface area (Å²) in [5.74, 6) is 1.56. The number of aromatic nitrogens is 2. The molecule has 0 saturated carbocycles. The van der Waals surface area contributed by atoms with E-state index in [4.69, 9.17) is 0 Å². The molecule has 2 unspecified atom stereocenters. The van der Waals surface area contributed by atoms with Gasteiger partial charge in [0.25, 0.3) is 0 Å². The van der Waals surface area contributed by atoms with Gasteiger partial charge in [0.1, 0.15) is 12.1 Å². The lowest BCUT2D eigenvalue weighted by atomic mass is 9.93. The van der Waals surface area contributed by atoms with Crippen LogP contribution in [0.1, 0.15) is 19.8 Å². The van der Waals surface area contributed by atoms with E-state index in [1.54, 1.807) is 12.5 Å². The molecule has 5 heteroatoms. The van der Waals surface area contributed by atoms with E-state index in [-0.39, 0.29) is 0 Å². The van der Waals surface area contributed by atoms with E-state index in [9.17, 15) is 0 Å². The van der Waals surface area contributed by atoms with Crippen molar-refractivity contribution in [3.05, 3.63) is 17.0 Å². The van der Waals surface area contributed by atoms with E-state index in [0.717, 1.165) is 23.4 Å². The van der Waals surface area contributed by atoms with Crippen molar-refractivity contribution in [2.75, 3.05) is 18.4 Å². The van der Waals surface area contributed by atoms with Crippen molar-refractivity contribution in [3.63, 3.8) is 0 Å². The Bertz CT molecular complexity index is 339. The van der Waals surface area contributed by atoms with Gasteiger partial charge in [-0.3, -0.25) is 0 Å². The van der Waals surface area contributed by atoms with Gasteiger partial charge in [0, 0.05) is 12.2 Å². The molecular weight excluding hydrogens is 268 g/mol. The molecule has 88 valence electrons. The first-order valence-corrected chi connectivity index (χ1v) is 6.49. The Morgan fingerprint density at radius 2 is 2.50 bits per heavy atom. The van der Waals surface area contributed by atoms with Crippen LogP contribution >= 0.6 is 15.9 Å². The fourth-order valence-electron chi connectivity index (χ4n) is 2.06. The molecule has 1 aromatic rings. The smallest absolute Gasteiger partial charge is 0.143 e. The predicted molar refractivity (Wildman–Crippen MR) is 68.4 cm³/mol. The van der Waals surface area contributed by atoms with E-state index < -0.39 is 0 Å². The number of rotatable bonds is 3. The van der Waals surface area contributed by atoms with Crippen LogP contribution in [-0.4, -0.2) is 29.1 Å². The molecule has 0 amide bonds. The molecule has 1 fully saturated rings. The summed E-state index contributed by atoms with van der Waals surface area (Å²) < 4.78 is 0.922. The van der Waals surface area contributed by atoms with Gasteiger partial charge in [0.15, 0.2) is 0 Å². The molecule has 1 aromatic heterocycles. The monoisotopic (exact) mass is 284 g/mol. The van der Waals surface area contributed by atoms with Gasteiger partial charge < -0.3 is 10.6 Å². The summed E-state index contributed by atoms with van der Waals surface area (Å²) in [4.78, 5) is 8.18. The second-order valence-electron chi connectivity index (χ2n) is 4.26. The Morgan fingerprint density at radius 1 is 1.62 bits per heavy atom. The van der Waals surface area contributed by atoms with Gasteiger partial charge in [-0.2, -0.15) is 0 Å². The van der Waals surface area contributed by atoms with Crippen molar-refractivity contribution in [2.24, 2.45) is 5.92 Å².